The molecule has 166 valence electrons. The number of benzene rings is 1. The number of nitrogens with zero attached hydrogens (tertiary/aromatic N) is 1. The van der Waals surface area contributed by atoms with E-state index < -0.39 is 0 Å². The molecule has 7 rings (SSSR count). The van der Waals surface area contributed by atoms with Crippen molar-refractivity contribution in [3.8, 4) is 11.5 Å². The third-order valence-corrected chi connectivity index (χ3v) is 8.41. The first-order chi connectivity index (χ1) is 15.1. The molecule has 5 fully saturated rings. The predicted molar refractivity (Wildman–Crippen MR) is 115 cm³/mol. The standard InChI is InChI=1S/C25H32N2O4/c28-23(26-15-19-3-1-5-21-22(19)31-8-7-30-21)20-4-2-6-27(20)24(29)25-12-16-9-17(13-25)11-18(10-16)14-25/h1,3,5,16-18,20H,2,4,6-15H2,(H,26,28). The van der Waals surface area contributed by atoms with E-state index in [9.17, 15) is 9.59 Å². The molecule has 6 heteroatoms. The van der Waals surface area contributed by atoms with Gasteiger partial charge in [0.25, 0.3) is 0 Å². The van der Waals surface area contributed by atoms with Gasteiger partial charge in [0.15, 0.2) is 11.5 Å². The largest absolute Gasteiger partial charge is 0.486 e. The SMILES string of the molecule is O=C(NCc1cccc2c1OCCO2)C1CCCN1C(=O)C12CC3CC(CC(C3)C1)C2. The quantitative estimate of drug-likeness (QED) is 0.806. The van der Waals surface area contributed by atoms with Crippen LogP contribution in [0.3, 0.4) is 0 Å². The molecule has 6 aliphatic rings. The Kier molecular flexibility index (Phi) is 4.65. The van der Waals surface area contributed by atoms with Crippen LogP contribution in [-0.2, 0) is 16.1 Å². The minimum Gasteiger partial charge on any atom is -0.486 e. The molecular formula is C25H32N2O4. The zero-order chi connectivity index (χ0) is 21.0. The van der Waals surface area contributed by atoms with E-state index in [1.807, 2.05) is 23.1 Å². The van der Waals surface area contributed by atoms with Gasteiger partial charge in [0.2, 0.25) is 11.8 Å². The molecule has 0 radical (unpaired) electrons. The Bertz CT molecular complexity index is 862. The summed E-state index contributed by atoms with van der Waals surface area (Å²) < 4.78 is 11.4. The molecule has 1 aromatic carbocycles. The second-order valence-corrected chi connectivity index (χ2v) is 10.5. The topological polar surface area (TPSA) is 67.9 Å². The maximum Gasteiger partial charge on any atom is 0.243 e. The summed E-state index contributed by atoms with van der Waals surface area (Å²) in [6, 6.07) is 5.44. The van der Waals surface area contributed by atoms with Crippen LogP contribution in [0.4, 0.5) is 0 Å². The fourth-order valence-corrected chi connectivity index (χ4v) is 7.53. The summed E-state index contributed by atoms with van der Waals surface area (Å²) in [4.78, 5) is 28.9. The van der Waals surface area contributed by atoms with Crippen LogP contribution in [0.1, 0.15) is 56.9 Å². The number of carbonyl (C=O) groups excluding carboxylic acids is 2. The number of nitrogens with one attached hydrogen (secondary N) is 1. The molecule has 4 saturated carbocycles. The molecule has 2 heterocycles. The first-order valence-electron chi connectivity index (χ1n) is 12.1. The Balaban J connectivity index is 1.15. The van der Waals surface area contributed by atoms with E-state index in [2.05, 4.69) is 5.32 Å². The monoisotopic (exact) mass is 424 g/mol. The van der Waals surface area contributed by atoms with Gasteiger partial charge in [-0.3, -0.25) is 9.59 Å². The Labute approximate surface area is 183 Å². The molecule has 1 saturated heterocycles. The molecule has 1 atom stereocenters. The van der Waals surface area contributed by atoms with E-state index in [4.69, 9.17) is 9.47 Å². The van der Waals surface area contributed by atoms with Gasteiger partial charge in [0.05, 0.1) is 5.41 Å². The highest BCUT2D eigenvalue weighted by atomic mass is 16.6. The normalized spacial score (nSPS) is 35.3. The van der Waals surface area contributed by atoms with Crippen LogP contribution in [-0.4, -0.2) is 42.5 Å². The van der Waals surface area contributed by atoms with Crippen molar-refractivity contribution in [2.45, 2.75) is 64.0 Å². The van der Waals surface area contributed by atoms with Crippen molar-refractivity contribution >= 4 is 11.8 Å². The summed E-state index contributed by atoms with van der Waals surface area (Å²) in [5.74, 6) is 3.90. The zero-order valence-corrected chi connectivity index (χ0v) is 18.1. The van der Waals surface area contributed by atoms with Crippen LogP contribution in [0.15, 0.2) is 18.2 Å². The molecule has 2 aliphatic heterocycles. The van der Waals surface area contributed by atoms with Crippen LogP contribution in [0.2, 0.25) is 0 Å². The summed E-state index contributed by atoms with van der Waals surface area (Å²) in [6.07, 6.45) is 8.80. The number of amides is 2. The second kappa shape index (κ2) is 7.42. The van der Waals surface area contributed by atoms with E-state index in [1.54, 1.807) is 0 Å². The lowest BCUT2D eigenvalue weighted by Gasteiger charge is -2.56. The van der Waals surface area contributed by atoms with Gasteiger partial charge in [-0.2, -0.15) is 0 Å². The van der Waals surface area contributed by atoms with E-state index in [1.165, 1.54) is 19.3 Å². The van der Waals surface area contributed by atoms with Gasteiger partial charge in [-0.1, -0.05) is 12.1 Å². The highest BCUT2D eigenvalue weighted by molar-refractivity contribution is 5.91. The first kappa shape index (κ1) is 19.4. The highest BCUT2D eigenvalue weighted by Gasteiger charge is 2.56. The average molecular weight is 425 g/mol. The Hall–Kier alpha value is -2.24. The molecule has 0 spiro atoms. The van der Waals surface area contributed by atoms with Gasteiger partial charge >= 0.3 is 0 Å². The number of para-hydroxylation sites is 1. The van der Waals surface area contributed by atoms with Crippen molar-refractivity contribution in [3.05, 3.63) is 23.8 Å². The molecule has 6 nitrogen and oxygen atoms in total. The smallest absolute Gasteiger partial charge is 0.243 e. The maximum absolute atomic E-state index is 13.8. The van der Waals surface area contributed by atoms with E-state index in [0.717, 1.165) is 73.5 Å². The van der Waals surface area contributed by atoms with Gasteiger partial charge < -0.3 is 19.7 Å². The van der Waals surface area contributed by atoms with Crippen molar-refractivity contribution in [2.75, 3.05) is 19.8 Å². The Morgan fingerprint density at radius 3 is 2.48 bits per heavy atom. The molecule has 1 aromatic rings. The van der Waals surface area contributed by atoms with Crippen molar-refractivity contribution in [1.82, 2.24) is 10.2 Å². The predicted octanol–water partition coefficient (Wildman–Crippen LogP) is 3.28. The van der Waals surface area contributed by atoms with Crippen molar-refractivity contribution in [1.29, 1.82) is 0 Å². The lowest BCUT2D eigenvalue weighted by molar-refractivity contribution is -0.160. The van der Waals surface area contributed by atoms with Crippen molar-refractivity contribution < 1.29 is 19.1 Å². The number of rotatable bonds is 4. The third kappa shape index (κ3) is 3.30. The number of likely N-dealkylation sites (tertiary alicyclic amines) is 1. The number of carbonyl (C=O) groups is 2. The van der Waals surface area contributed by atoms with Gasteiger partial charge in [0, 0.05) is 18.7 Å². The third-order valence-electron chi connectivity index (χ3n) is 8.41. The number of hydrogen-bond acceptors (Lipinski definition) is 4. The van der Waals surface area contributed by atoms with Gasteiger partial charge in [-0.05, 0) is 75.2 Å². The van der Waals surface area contributed by atoms with Crippen LogP contribution in [0.25, 0.3) is 0 Å². The Morgan fingerprint density at radius 1 is 1.03 bits per heavy atom. The summed E-state index contributed by atoms with van der Waals surface area (Å²) in [5, 5.41) is 3.08. The summed E-state index contributed by atoms with van der Waals surface area (Å²) in [7, 11) is 0. The molecular weight excluding hydrogens is 392 g/mol. The summed E-state index contributed by atoms with van der Waals surface area (Å²) >= 11 is 0. The zero-order valence-electron chi connectivity index (χ0n) is 18.1. The molecule has 31 heavy (non-hydrogen) atoms. The average Bonchev–Trinajstić information content (AvgIpc) is 3.26. The first-order valence-corrected chi connectivity index (χ1v) is 12.1. The fourth-order valence-electron chi connectivity index (χ4n) is 7.53. The van der Waals surface area contributed by atoms with E-state index in [0.29, 0.717) is 19.8 Å². The number of fused-ring (bicyclic) bond motifs is 1. The lowest BCUT2D eigenvalue weighted by atomic mass is 9.49. The molecule has 4 bridgehead atoms. The van der Waals surface area contributed by atoms with Crippen molar-refractivity contribution in [2.24, 2.45) is 23.2 Å². The lowest BCUT2D eigenvalue weighted by Crippen LogP contribution is -2.57. The van der Waals surface area contributed by atoms with Crippen LogP contribution >= 0.6 is 0 Å². The highest BCUT2D eigenvalue weighted by Crippen LogP contribution is 2.60. The van der Waals surface area contributed by atoms with Crippen molar-refractivity contribution in [3.63, 3.8) is 0 Å². The molecule has 1 unspecified atom stereocenters. The van der Waals surface area contributed by atoms with Crippen LogP contribution < -0.4 is 14.8 Å². The molecule has 4 aliphatic carbocycles. The summed E-state index contributed by atoms with van der Waals surface area (Å²) in [5.41, 5.74) is 0.740. The minimum absolute atomic E-state index is 0.0371. The number of hydrogen-bond donors (Lipinski definition) is 1. The Morgan fingerprint density at radius 2 is 1.74 bits per heavy atom. The minimum atomic E-state index is -0.336. The summed E-state index contributed by atoms with van der Waals surface area (Å²) in [6.45, 7) is 2.18. The van der Waals surface area contributed by atoms with Gasteiger partial charge in [0.1, 0.15) is 19.3 Å². The van der Waals surface area contributed by atoms with Gasteiger partial charge in [-0.25, -0.2) is 0 Å². The number of ether oxygens (including phenoxy) is 2. The maximum atomic E-state index is 13.8. The molecule has 2 amide bonds. The van der Waals surface area contributed by atoms with Crippen LogP contribution in [0, 0.1) is 23.2 Å². The fraction of sp³-hybridized carbons (Fsp3) is 0.680. The second-order valence-electron chi connectivity index (χ2n) is 10.5. The van der Waals surface area contributed by atoms with E-state index in [-0.39, 0.29) is 23.3 Å². The van der Waals surface area contributed by atoms with Gasteiger partial charge in [-0.15, -0.1) is 0 Å². The van der Waals surface area contributed by atoms with E-state index >= 15 is 0 Å². The molecule has 1 N–H and O–H groups in total. The molecule has 0 aromatic heterocycles. The van der Waals surface area contributed by atoms with Crippen LogP contribution in [0.5, 0.6) is 11.5 Å².